The minimum Gasteiger partial charge on any atom is -0.477 e. The Morgan fingerprint density at radius 3 is 2.67 bits per heavy atom. The lowest BCUT2D eigenvalue weighted by Crippen LogP contribution is -1.95. The summed E-state index contributed by atoms with van der Waals surface area (Å²) in [4.78, 5) is 16.2. The van der Waals surface area contributed by atoms with Crippen LogP contribution in [0.25, 0.3) is 11.3 Å². The Balaban J connectivity index is 2.00. The standard InChI is InChI=1S/C14H13NO2S/c16-14(17)13-12(10-4-2-1-3-5-10)15-11(18-13)8-9-6-7-9/h1-5,9H,6-8H2,(H,16,17). The number of rotatable bonds is 4. The molecule has 1 aliphatic rings. The average molecular weight is 259 g/mol. The van der Waals surface area contributed by atoms with E-state index in [2.05, 4.69) is 4.98 Å². The Labute approximate surface area is 109 Å². The molecule has 0 bridgehead atoms. The summed E-state index contributed by atoms with van der Waals surface area (Å²) in [5.74, 6) is -0.158. The van der Waals surface area contributed by atoms with Gasteiger partial charge in [-0.2, -0.15) is 0 Å². The van der Waals surface area contributed by atoms with Crippen molar-refractivity contribution in [3.05, 3.63) is 40.2 Å². The van der Waals surface area contributed by atoms with Crippen LogP contribution in [0.2, 0.25) is 0 Å². The average Bonchev–Trinajstić information content (AvgIpc) is 3.07. The molecule has 1 aliphatic carbocycles. The van der Waals surface area contributed by atoms with Crippen molar-refractivity contribution >= 4 is 17.3 Å². The third kappa shape index (κ3) is 2.29. The highest BCUT2D eigenvalue weighted by atomic mass is 32.1. The van der Waals surface area contributed by atoms with Gasteiger partial charge in [0.25, 0.3) is 0 Å². The molecule has 0 amide bonds. The van der Waals surface area contributed by atoms with E-state index in [1.807, 2.05) is 30.3 Å². The summed E-state index contributed by atoms with van der Waals surface area (Å²) < 4.78 is 0. The monoisotopic (exact) mass is 259 g/mol. The quantitative estimate of drug-likeness (QED) is 0.914. The minimum atomic E-state index is -0.881. The third-order valence-corrected chi connectivity index (χ3v) is 4.14. The zero-order valence-corrected chi connectivity index (χ0v) is 10.6. The van der Waals surface area contributed by atoms with Crippen LogP contribution < -0.4 is 0 Å². The lowest BCUT2D eigenvalue weighted by Gasteiger charge is -1.97. The van der Waals surface area contributed by atoms with E-state index in [4.69, 9.17) is 0 Å². The van der Waals surface area contributed by atoms with Gasteiger partial charge >= 0.3 is 5.97 Å². The zero-order valence-electron chi connectivity index (χ0n) is 9.80. The van der Waals surface area contributed by atoms with Crippen LogP contribution in [0.15, 0.2) is 30.3 Å². The summed E-state index contributed by atoms with van der Waals surface area (Å²) in [6, 6.07) is 9.54. The molecule has 0 aliphatic heterocycles. The Kier molecular flexibility index (Phi) is 2.88. The highest BCUT2D eigenvalue weighted by Crippen LogP contribution is 2.36. The number of benzene rings is 1. The molecule has 0 atom stereocenters. The number of aromatic nitrogens is 1. The van der Waals surface area contributed by atoms with Crippen molar-refractivity contribution in [1.29, 1.82) is 0 Å². The van der Waals surface area contributed by atoms with Crippen molar-refractivity contribution < 1.29 is 9.90 Å². The Bertz CT molecular complexity index is 573. The molecule has 1 saturated carbocycles. The van der Waals surface area contributed by atoms with Crippen molar-refractivity contribution in [2.75, 3.05) is 0 Å². The molecule has 1 N–H and O–H groups in total. The van der Waals surface area contributed by atoms with Crippen molar-refractivity contribution in [2.24, 2.45) is 5.92 Å². The van der Waals surface area contributed by atoms with Crippen molar-refractivity contribution in [2.45, 2.75) is 19.3 Å². The second-order valence-electron chi connectivity index (χ2n) is 4.60. The maximum Gasteiger partial charge on any atom is 0.348 e. The lowest BCUT2D eigenvalue weighted by molar-refractivity contribution is 0.0702. The topological polar surface area (TPSA) is 50.2 Å². The number of hydrogen-bond acceptors (Lipinski definition) is 3. The summed E-state index contributed by atoms with van der Waals surface area (Å²) >= 11 is 1.32. The maximum absolute atomic E-state index is 11.3. The Hall–Kier alpha value is -1.68. The number of carboxylic acids is 1. The number of carbonyl (C=O) groups is 1. The molecule has 0 saturated heterocycles. The molecular formula is C14H13NO2S. The normalized spacial score (nSPS) is 14.7. The van der Waals surface area contributed by atoms with E-state index in [9.17, 15) is 9.90 Å². The van der Waals surface area contributed by atoms with E-state index in [-0.39, 0.29) is 0 Å². The molecule has 1 aromatic heterocycles. The van der Waals surface area contributed by atoms with Gasteiger partial charge < -0.3 is 5.11 Å². The molecule has 92 valence electrons. The summed E-state index contributed by atoms with van der Waals surface area (Å²) in [6.07, 6.45) is 3.43. The van der Waals surface area contributed by atoms with Gasteiger partial charge in [0.05, 0.1) is 10.7 Å². The van der Waals surface area contributed by atoms with Crippen LogP contribution in [-0.4, -0.2) is 16.1 Å². The first-order chi connectivity index (χ1) is 8.74. The van der Waals surface area contributed by atoms with Crippen molar-refractivity contribution in [3.63, 3.8) is 0 Å². The van der Waals surface area contributed by atoms with E-state index in [0.717, 1.165) is 22.9 Å². The largest absolute Gasteiger partial charge is 0.477 e. The fourth-order valence-electron chi connectivity index (χ4n) is 1.96. The van der Waals surface area contributed by atoms with Crippen LogP contribution in [0.4, 0.5) is 0 Å². The third-order valence-electron chi connectivity index (χ3n) is 3.07. The van der Waals surface area contributed by atoms with Gasteiger partial charge in [0.15, 0.2) is 0 Å². The van der Waals surface area contributed by atoms with Crippen LogP contribution in [-0.2, 0) is 6.42 Å². The summed E-state index contributed by atoms with van der Waals surface area (Å²) in [5, 5.41) is 10.2. The maximum atomic E-state index is 11.3. The van der Waals surface area contributed by atoms with Gasteiger partial charge in [-0.25, -0.2) is 9.78 Å². The van der Waals surface area contributed by atoms with Gasteiger partial charge in [-0.05, 0) is 18.8 Å². The highest BCUT2D eigenvalue weighted by molar-refractivity contribution is 7.14. The number of thiazole rings is 1. The van der Waals surface area contributed by atoms with Gasteiger partial charge in [0.2, 0.25) is 0 Å². The first-order valence-electron chi connectivity index (χ1n) is 6.02. The minimum absolute atomic E-state index is 0.358. The molecule has 1 aromatic carbocycles. The van der Waals surface area contributed by atoms with E-state index >= 15 is 0 Å². The van der Waals surface area contributed by atoms with Gasteiger partial charge in [0, 0.05) is 12.0 Å². The van der Waals surface area contributed by atoms with Crippen molar-refractivity contribution in [1.82, 2.24) is 4.98 Å². The van der Waals surface area contributed by atoms with Gasteiger partial charge in [0.1, 0.15) is 4.88 Å². The van der Waals surface area contributed by atoms with E-state index in [1.165, 1.54) is 24.2 Å². The van der Waals surface area contributed by atoms with Crippen LogP contribution in [0.1, 0.15) is 27.5 Å². The molecule has 3 rings (SSSR count). The highest BCUT2D eigenvalue weighted by Gasteiger charge is 2.25. The molecule has 0 spiro atoms. The van der Waals surface area contributed by atoms with Gasteiger partial charge in [-0.1, -0.05) is 30.3 Å². The molecule has 4 heteroatoms. The summed E-state index contributed by atoms with van der Waals surface area (Å²) in [6.45, 7) is 0. The number of hydrogen-bond donors (Lipinski definition) is 1. The van der Waals surface area contributed by atoms with Crippen molar-refractivity contribution in [3.8, 4) is 11.3 Å². The van der Waals surface area contributed by atoms with Crippen LogP contribution in [0.3, 0.4) is 0 Å². The zero-order chi connectivity index (χ0) is 12.5. The molecule has 0 unspecified atom stereocenters. The summed E-state index contributed by atoms with van der Waals surface area (Å²) in [7, 11) is 0. The van der Waals surface area contributed by atoms with E-state index in [1.54, 1.807) is 0 Å². The molecule has 0 radical (unpaired) electrons. The number of carboxylic acid groups (broad SMARTS) is 1. The number of aromatic carboxylic acids is 1. The molecule has 2 aromatic rings. The van der Waals surface area contributed by atoms with Crippen LogP contribution in [0, 0.1) is 5.92 Å². The van der Waals surface area contributed by atoms with E-state index in [0.29, 0.717) is 10.6 Å². The second kappa shape index (κ2) is 4.53. The molecule has 1 heterocycles. The molecule has 1 fully saturated rings. The predicted molar refractivity (Wildman–Crippen MR) is 70.9 cm³/mol. The Morgan fingerprint density at radius 2 is 2.06 bits per heavy atom. The summed E-state index contributed by atoms with van der Waals surface area (Å²) in [5.41, 5.74) is 1.50. The molecule has 18 heavy (non-hydrogen) atoms. The first kappa shape index (κ1) is 11.4. The smallest absolute Gasteiger partial charge is 0.348 e. The van der Waals surface area contributed by atoms with Gasteiger partial charge in [-0.3, -0.25) is 0 Å². The fourth-order valence-corrected chi connectivity index (χ4v) is 3.00. The molecular weight excluding hydrogens is 246 g/mol. The van der Waals surface area contributed by atoms with Gasteiger partial charge in [-0.15, -0.1) is 11.3 Å². The fraction of sp³-hybridized carbons (Fsp3) is 0.286. The predicted octanol–water partition coefficient (Wildman–Crippen LogP) is 3.46. The Morgan fingerprint density at radius 1 is 1.33 bits per heavy atom. The SMILES string of the molecule is O=C(O)c1sc(CC2CC2)nc1-c1ccccc1. The van der Waals surface area contributed by atoms with E-state index < -0.39 is 5.97 Å². The first-order valence-corrected chi connectivity index (χ1v) is 6.84. The lowest BCUT2D eigenvalue weighted by atomic mass is 10.1. The van der Waals surface area contributed by atoms with Crippen LogP contribution in [0.5, 0.6) is 0 Å². The van der Waals surface area contributed by atoms with Crippen LogP contribution >= 0.6 is 11.3 Å². The number of nitrogens with zero attached hydrogens (tertiary/aromatic N) is 1. The molecule has 3 nitrogen and oxygen atoms in total. The second-order valence-corrected chi connectivity index (χ2v) is 5.69.